The van der Waals surface area contributed by atoms with Gasteiger partial charge >= 0.3 is 0 Å². The zero-order valence-electron chi connectivity index (χ0n) is 15.8. The number of nitrogens with zero attached hydrogens (tertiary/aromatic N) is 3. The molecule has 1 saturated heterocycles. The van der Waals surface area contributed by atoms with Crippen LogP contribution in [0.4, 0.5) is 0 Å². The van der Waals surface area contributed by atoms with Crippen molar-refractivity contribution in [3.05, 3.63) is 23.9 Å². The average Bonchev–Trinajstić information content (AvgIpc) is 3.42. The van der Waals surface area contributed by atoms with Crippen molar-refractivity contribution in [3.63, 3.8) is 0 Å². The molecule has 2 fully saturated rings. The first-order valence-corrected chi connectivity index (χ1v) is 9.71. The number of rotatable bonds is 6. The summed E-state index contributed by atoms with van der Waals surface area (Å²) in [5.41, 5.74) is 0.586. The Morgan fingerprint density at radius 3 is 2.84 bits per heavy atom. The van der Waals surface area contributed by atoms with Gasteiger partial charge in [-0.25, -0.2) is 4.98 Å². The molecule has 1 aromatic rings. The van der Waals surface area contributed by atoms with Crippen molar-refractivity contribution in [3.8, 4) is 5.88 Å². The summed E-state index contributed by atoms with van der Waals surface area (Å²) in [4.78, 5) is 22.0. The lowest BCUT2D eigenvalue weighted by Gasteiger charge is -2.34. The van der Waals surface area contributed by atoms with Crippen LogP contribution in [0.15, 0.2) is 18.3 Å². The summed E-state index contributed by atoms with van der Waals surface area (Å²) in [7, 11) is 0. The van der Waals surface area contributed by atoms with Gasteiger partial charge in [-0.1, -0.05) is 13.8 Å². The lowest BCUT2D eigenvalue weighted by atomic mass is 10.0. The zero-order valence-corrected chi connectivity index (χ0v) is 15.8. The number of hydrogen-bond acceptors (Lipinski definition) is 4. The summed E-state index contributed by atoms with van der Waals surface area (Å²) in [5.74, 6) is 1.92. The molecule has 2 aliphatic rings. The highest BCUT2D eigenvalue weighted by Gasteiger charge is 2.34. The van der Waals surface area contributed by atoms with E-state index in [2.05, 4.69) is 23.7 Å². The normalized spacial score (nSPS) is 22.1. The van der Waals surface area contributed by atoms with Gasteiger partial charge in [0, 0.05) is 38.4 Å². The molecule has 1 aliphatic carbocycles. The Bertz CT molecular complexity index is 586. The number of pyridine rings is 1. The summed E-state index contributed by atoms with van der Waals surface area (Å²) in [6.45, 7) is 10.9. The second-order valence-corrected chi connectivity index (χ2v) is 7.64. The van der Waals surface area contributed by atoms with Crippen molar-refractivity contribution in [1.29, 1.82) is 0 Å². The summed E-state index contributed by atoms with van der Waals surface area (Å²) >= 11 is 0. The van der Waals surface area contributed by atoms with Crippen molar-refractivity contribution in [2.75, 3.05) is 32.8 Å². The number of carbonyl (C=O) groups excluding carboxylic acids is 1. The predicted molar refractivity (Wildman–Crippen MR) is 98.8 cm³/mol. The maximum absolute atomic E-state index is 13.1. The van der Waals surface area contributed by atoms with Crippen LogP contribution in [-0.4, -0.2) is 59.5 Å². The van der Waals surface area contributed by atoms with Gasteiger partial charge in [0.1, 0.15) is 5.56 Å². The van der Waals surface area contributed by atoms with Crippen LogP contribution in [0.5, 0.6) is 5.88 Å². The molecule has 138 valence electrons. The minimum Gasteiger partial charge on any atom is -0.477 e. The van der Waals surface area contributed by atoms with Crippen molar-refractivity contribution in [2.45, 2.75) is 46.1 Å². The Labute approximate surface area is 151 Å². The first-order valence-electron chi connectivity index (χ1n) is 9.71. The zero-order chi connectivity index (χ0) is 17.8. The van der Waals surface area contributed by atoms with E-state index >= 15 is 0 Å². The van der Waals surface area contributed by atoms with E-state index in [0.717, 1.165) is 32.0 Å². The molecular weight excluding hydrogens is 314 g/mol. The summed E-state index contributed by atoms with van der Waals surface area (Å²) in [6.07, 6.45) is 5.46. The molecule has 5 nitrogen and oxygen atoms in total. The molecule has 1 saturated carbocycles. The van der Waals surface area contributed by atoms with E-state index in [4.69, 9.17) is 4.74 Å². The van der Waals surface area contributed by atoms with E-state index in [-0.39, 0.29) is 5.91 Å². The van der Waals surface area contributed by atoms with Gasteiger partial charge in [0.2, 0.25) is 5.88 Å². The third-order valence-electron chi connectivity index (χ3n) is 5.28. The molecule has 0 spiro atoms. The van der Waals surface area contributed by atoms with E-state index in [1.165, 1.54) is 19.4 Å². The molecule has 1 amide bonds. The number of amides is 1. The highest BCUT2D eigenvalue weighted by atomic mass is 16.5. The minimum atomic E-state index is 0.0514. The molecule has 0 radical (unpaired) electrons. The number of ether oxygens (including phenoxy) is 1. The van der Waals surface area contributed by atoms with Crippen LogP contribution in [0.3, 0.4) is 0 Å². The van der Waals surface area contributed by atoms with Crippen molar-refractivity contribution in [2.24, 2.45) is 11.8 Å². The molecule has 3 rings (SSSR count). The van der Waals surface area contributed by atoms with Crippen LogP contribution in [-0.2, 0) is 0 Å². The van der Waals surface area contributed by atoms with Crippen LogP contribution in [0, 0.1) is 11.8 Å². The predicted octanol–water partition coefficient (Wildman–Crippen LogP) is 3.06. The molecule has 0 bridgehead atoms. The average molecular weight is 345 g/mol. The van der Waals surface area contributed by atoms with Crippen molar-refractivity contribution in [1.82, 2.24) is 14.8 Å². The Balaban J connectivity index is 1.76. The van der Waals surface area contributed by atoms with Crippen LogP contribution >= 0.6 is 0 Å². The standard InChI is InChI=1S/C20H31N3O2/c1-4-25-19-17(7-5-10-21-19)20(24)23-12-6-11-22(13-16-8-9-16)18(14-23)15(2)3/h5,7,10,15-16,18H,4,6,8-9,11-14H2,1-3H3/t18-/m0/s1. The second kappa shape index (κ2) is 8.17. The van der Waals surface area contributed by atoms with Gasteiger partial charge in [-0.2, -0.15) is 0 Å². The Morgan fingerprint density at radius 2 is 2.16 bits per heavy atom. The highest BCUT2D eigenvalue weighted by Crippen LogP contribution is 2.32. The summed E-state index contributed by atoms with van der Waals surface area (Å²) in [5, 5.41) is 0. The maximum atomic E-state index is 13.1. The third-order valence-corrected chi connectivity index (χ3v) is 5.28. The molecule has 2 heterocycles. The van der Waals surface area contributed by atoms with Crippen molar-refractivity contribution >= 4 is 5.91 Å². The highest BCUT2D eigenvalue weighted by molar-refractivity contribution is 5.96. The second-order valence-electron chi connectivity index (χ2n) is 7.64. The lowest BCUT2D eigenvalue weighted by molar-refractivity contribution is 0.0699. The minimum absolute atomic E-state index is 0.0514. The first-order chi connectivity index (χ1) is 12.1. The van der Waals surface area contributed by atoms with Crippen LogP contribution in [0.1, 0.15) is 50.4 Å². The van der Waals surface area contributed by atoms with E-state index in [9.17, 15) is 4.79 Å². The van der Waals surface area contributed by atoms with E-state index in [0.29, 0.717) is 30.0 Å². The topological polar surface area (TPSA) is 45.7 Å². The summed E-state index contributed by atoms with van der Waals surface area (Å²) in [6, 6.07) is 4.07. The number of aromatic nitrogens is 1. The van der Waals surface area contributed by atoms with Gasteiger partial charge in [0.05, 0.1) is 6.61 Å². The molecular formula is C20H31N3O2. The monoisotopic (exact) mass is 345 g/mol. The Kier molecular flexibility index (Phi) is 5.94. The smallest absolute Gasteiger partial charge is 0.259 e. The quantitative estimate of drug-likeness (QED) is 0.795. The fourth-order valence-corrected chi connectivity index (χ4v) is 3.71. The van der Waals surface area contributed by atoms with E-state index in [1.807, 2.05) is 24.0 Å². The molecule has 1 aromatic heterocycles. The fraction of sp³-hybridized carbons (Fsp3) is 0.700. The largest absolute Gasteiger partial charge is 0.477 e. The maximum Gasteiger partial charge on any atom is 0.259 e. The molecule has 0 unspecified atom stereocenters. The number of hydrogen-bond donors (Lipinski definition) is 0. The van der Waals surface area contributed by atoms with Gasteiger partial charge in [-0.15, -0.1) is 0 Å². The molecule has 25 heavy (non-hydrogen) atoms. The molecule has 1 aliphatic heterocycles. The van der Waals surface area contributed by atoms with Gasteiger partial charge in [-0.05, 0) is 50.2 Å². The first kappa shape index (κ1) is 18.2. The summed E-state index contributed by atoms with van der Waals surface area (Å²) < 4.78 is 5.57. The molecule has 0 N–H and O–H groups in total. The van der Waals surface area contributed by atoms with Crippen LogP contribution < -0.4 is 4.74 Å². The third kappa shape index (κ3) is 4.51. The van der Waals surface area contributed by atoms with E-state index < -0.39 is 0 Å². The van der Waals surface area contributed by atoms with Gasteiger partial charge in [0.15, 0.2) is 0 Å². The molecule has 5 heteroatoms. The van der Waals surface area contributed by atoms with Crippen LogP contribution in [0.2, 0.25) is 0 Å². The Hall–Kier alpha value is -1.62. The Morgan fingerprint density at radius 1 is 1.36 bits per heavy atom. The van der Waals surface area contributed by atoms with Gasteiger partial charge in [0.25, 0.3) is 5.91 Å². The van der Waals surface area contributed by atoms with Gasteiger partial charge in [-0.3, -0.25) is 9.69 Å². The number of carbonyl (C=O) groups is 1. The SMILES string of the molecule is CCOc1ncccc1C(=O)N1CCCN(CC2CC2)[C@H](C(C)C)C1. The van der Waals surface area contributed by atoms with Crippen molar-refractivity contribution < 1.29 is 9.53 Å². The molecule has 0 aromatic carbocycles. The van der Waals surface area contributed by atoms with Crippen LogP contribution in [0.25, 0.3) is 0 Å². The van der Waals surface area contributed by atoms with Gasteiger partial charge < -0.3 is 9.64 Å². The fourth-order valence-electron chi connectivity index (χ4n) is 3.71. The molecule has 1 atom stereocenters. The van der Waals surface area contributed by atoms with E-state index in [1.54, 1.807) is 6.20 Å². The lowest BCUT2D eigenvalue weighted by Crippen LogP contribution is -2.46.